The highest BCUT2D eigenvalue weighted by Crippen LogP contribution is 2.08. The zero-order valence-electron chi connectivity index (χ0n) is 9.01. The summed E-state index contributed by atoms with van der Waals surface area (Å²) in [7, 11) is 0. The molecular weight excluding hydrogens is 244 g/mol. The highest BCUT2D eigenvalue weighted by molar-refractivity contribution is 7.99. The van der Waals surface area contributed by atoms with Crippen molar-refractivity contribution in [3.05, 3.63) is 27.9 Å². The minimum Gasteiger partial charge on any atom is -0.481 e. The first-order valence-electron chi connectivity index (χ1n) is 4.81. The molecule has 0 saturated carbocycles. The Hall–Kier alpha value is -1.83. The monoisotopic (exact) mass is 254 g/mol. The van der Waals surface area contributed by atoms with E-state index in [4.69, 9.17) is 5.11 Å². The molecular formula is C9H10N4O3S. The molecule has 0 bridgehead atoms. The summed E-state index contributed by atoms with van der Waals surface area (Å²) in [4.78, 5) is 30.1. The number of hydrogen-bond donors (Lipinski definition) is 2. The number of carboxylic acids is 1. The molecule has 0 saturated heterocycles. The fourth-order valence-corrected chi connectivity index (χ4v) is 1.94. The Bertz CT molecular complexity index is 618. The van der Waals surface area contributed by atoms with Crippen molar-refractivity contribution >= 4 is 23.5 Å². The minimum absolute atomic E-state index is 0.00159. The highest BCUT2D eigenvalue weighted by Gasteiger charge is 2.07. The van der Waals surface area contributed by atoms with E-state index in [9.17, 15) is 9.59 Å². The summed E-state index contributed by atoms with van der Waals surface area (Å²) < 4.78 is 1.24. The van der Waals surface area contributed by atoms with E-state index in [-0.39, 0.29) is 11.3 Å². The van der Waals surface area contributed by atoms with Crippen molar-refractivity contribution in [2.24, 2.45) is 0 Å². The van der Waals surface area contributed by atoms with Gasteiger partial charge in [0.15, 0.2) is 0 Å². The van der Waals surface area contributed by atoms with Crippen LogP contribution in [-0.2, 0) is 10.5 Å². The van der Waals surface area contributed by atoms with Gasteiger partial charge in [0.2, 0.25) is 0 Å². The van der Waals surface area contributed by atoms with Crippen molar-refractivity contribution in [3.8, 4) is 0 Å². The second-order valence-electron chi connectivity index (χ2n) is 3.43. The summed E-state index contributed by atoms with van der Waals surface area (Å²) in [5.41, 5.74) is 0.376. The van der Waals surface area contributed by atoms with Gasteiger partial charge >= 0.3 is 5.97 Å². The van der Waals surface area contributed by atoms with E-state index in [2.05, 4.69) is 15.1 Å². The van der Waals surface area contributed by atoms with Gasteiger partial charge in [0.25, 0.3) is 11.3 Å². The van der Waals surface area contributed by atoms with Crippen LogP contribution in [0.1, 0.15) is 11.5 Å². The minimum atomic E-state index is -0.878. The number of aromatic amines is 1. The zero-order chi connectivity index (χ0) is 12.4. The number of nitrogens with zero attached hydrogens (tertiary/aromatic N) is 3. The van der Waals surface area contributed by atoms with Gasteiger partial charge in [-0.1, -0.05) is 0 Å². The molecule has 0 radical (unpaired) electrons. The number of carboxylic acid groups (broad SMARTS) is 1. The first-order chi connectivity index (χ1) is 8.06. The van der Waals surface area contributed by atoms with Crippen molar-refractivity contribution in [1.29, 1.82) is 0 Å². The predicted octanol–water partition coefficient (Wildman–Crippen LogP) is 0.0438. The molecule has 8 heteroatoms. The number of hydrogen-bond acceptors (Lipinski definition) is 5. The second kappa shape index (κ2) is 4.58. The average molecular weight is 254 g/mol. The van der Waals surface area contributed by atoms with E-state index in [1.807, 2.05) is 0 Å². The fraction of sp³-hybridized carbons (Fsp3) is 0.333. The van der Waals surface area contributed by atoms with Crippen molar-refractivity contribution in [2.45, 2.75) is 12.7 Å². The lowest BCUT2D eigenvalue weighted by Gasteiger charge is -1.92. The summed E-state index contributed by atoms with van der Waals surface area (Å²) in [6.07, 6.45) is 0. The Morgan fingerprint density at radius 3 is 3.06 bits per heavy atom. The summed E-state index contributed by atoms with van der Waals surface area (Å²) in [5.74, 6) is 0.358. The maximum absolute atomic E-state index is 11.5. The van der Waals surface area contributed by atoms with Gasteiger partial charge in [-0.25, -0.2) is 4.98 Å². The van der Waals surface area contributed by atoms with Crippen LogP contribution in [0.3, 0.4) is 0 Å². The maximum atomic E-state index is 11.5. The van der Waals surface area contributed by atoms with E-state index in [0.717, 1.165) is 0 Å². The smallest absolute Gasteiger partial charge is 0.313 e. The molecule has 0 aliphatic carbocycles. The van der Waals surface area contributed by atoms with Crippen molar-refractivity contribution in [2.75, 3.05) is 5.75 Å². The Labute approximate surface area is 99.9 Å². The molecule has 0 aliphatic rings. The van der Waals surface area contributed by atoms with Crippen molar-refractivity contribution < 1.29 is 9.90 Å². The first-order valence-corrected chi connectivity index (χ1v) is 5.96. The summed E-state index contributed by atoms with van der Waals surface area (Å²) in [6.45, 7) is 1.72. The lowest BCUT2D eigenvalue weighted by molar-refractivity contribution is -0.133. The lowest BCUT2D eigenvalue weighted by Crippen LogP contribution is -2.14. The number of aliphatic carboxylic acids is 1. The molecule has 2 N–H and O–H groups in total. The number of fused-ring (bicyclic) bond motifs is 1. The quantitative estimate of drug-likeness (QED) is 0.799. The van der Waals surface area contributed by atoms with Crippen LogP contribution in [0.5, 0.6) is 0 Å². The van der Waals surface area contributed by atoms with Crippen molar-refractivity contribution in [3.63, 3.8) is 0 Å². The van der Waals surface area contributed by atoms with E-state index in [1.165, 1.54) is 22.3 Å². The van der Waals surface area contributed by atoms with E-state index < -0.39 is 5.97 Å². The number of H-pyrrole nitrogens is 1. The Kier molecular flexibility index (Phi) is 3.14. The molecule has 0 fully saturated rings. The van der Waals surface area contributed by atoms with Crippen LogP contribution in [0.4, 0.5) is 0 Å². The predicted molar refractivity (Wildman–Crippen MR) is 62.1 cm³/mol. The Balaban J connectivity index is 2.23. The van der Waals surface area contributed by atoms with Crippen LogP contribution in [0.15, 0.2) is 10.9 Å². The molecule has 90 valence electrons. The average Bonchev–Trinajstić information content (AvgIpc) is 2.60. The molecule has 0 atom stereocenters. The molecule has 0 aliphatic heterocycles. The molecule has 0 spiro atoms. The van der Waals surface area contributed by atoms with Crippen LogP contribution in [-0.4, -0.2) is 36.4 Å². The van der Waals surface area contributed by atoms with Gasteiger partial charge in [0.1, 0.15) is 5.82 Å². The lowest BCUT2D eigenvalue weighted by atomic mass is 10.5. The van der Waals surface area contributed by atoms with Gasteiger partial charge in [-0.15, -0.1) is 11.8 Å². The third kappa shape index (κ3) is 2.64. The van der Waals surface area contributed by atoms with Crippen LogP contribution in [0, 0.1) is 6.92 Å². The van der Waals surface area contributed by atoms with Crippen LogP contribution in [0.25, 0.3) is 5.78 Å². The number of thioether (sulfide) groups is 1. The van der Waals surface area contributed by atoms with Gasteiger partial charge in [-0.3, -0.25) is 14.7 Å². The largest absolute Gasteiger partial charge is 0.481 e. The number of nitrogens with one attached hydrogen (secondary N) is 1. The summed E-state index contributed by atoms with van der Waals surface area (Å²) in [6, 6.07) is 1.40. The molecule has 2 aromatic heterocycles. The molecule has 2 rings (SSSR count). The van der Waals surface area contributed by atoms with Gasteiger partial charge in [-0.05, 0) is 6.92 Å². The molecule has 7 nitrogen and oxygen atoms in total. The first kappa shape index (κ1) is 11.6. The highest BCUT2D eigenvalue weighted by atomic mass is 32.2. The maximum Gasteiger partial charge on any atom is 0.313 e. The van der Waals surface area contributed by atoms with Gasteiger partial charge in [0.05, 0.1) is 11.5 Å². The topological polar surface area (TPSA) is 100 Å². The fourth-order valence-electron chi connectivity index (χ4n) is 1.34. The molecule has 0 amide bonds. The summed E-state index contributed by atoms with van der Waals surface area (Å²) >= 11 is 1.20. The third-order valence-corrected chi connectivity index (χ3v) is 2.90. The summed E-state index contributed by atoms with van der Waals surface area (Å²) in [5, 5.41) is 11.3. The molecule has 17 heavy (non-hydrogen) atoms. The molecule has 2 heterocycles. The van der Waals surface area contributed by atoms with Crippen molar-refractivity contribution in [1.82, 2.24) is 19.6 Å². The number of aromatic nitrogens is 4. The number of aryl methyl sites for hydroxylation is 1. The third-order valence-electron chi connectivity index (χ3n) is 1.97. The van der Waals surface area contributed by atoms with Gasteiger partial charge < -0.3 is 5.11 Å². The van der Waals surface area contributed by atoms with Gasteiger partial charge in [0, 0.05) is 11.8 Å². The van der Waals surface area contributed by atoms with E-state index in [1.54, 1.807) is 6.92 Å². The standard InChI is InChI=1S/C9H10N4O3S/c1-5-2-7(14)13-9(10-5)11-6(12-13)3-17-4-8(15)16/h2H,3-4H2,1H3,(H,15,16)(H,10,11,12). The Morgan fingerprint density at radius 1 is 1.59 bits per heavy atom. The molecule has 2 aromatic rings. The number of rotatable bonds is 4. The Morgan fingerprint density at radius 2 is 2.35 bits per heavy atom. The SMILES string of the molecule is Cc1cc(=O)n2[nH]c(CSCC(=O)O)nc2n1. The number of carbonyl (C=O) groups is 1. The molecule has 0 unspecified atom stereocenters. The van der Waals surface area contributed by atoms with Gasteiger partial charge in [-0.2, -0.15) is 9.50 Å². The van der Waals surface area contributed by atoms with E-state index >= 15 is 0 Å². The second-order valence-corrected chi connectivity index (χ2v) is 4.41. The van der Waals surface area contributed by atoms with Crippen LogP contribution >= 0.6 is 11.8 Å². The van der Waals surface area contributed by atoms with Crippen LogP contribution < -0.4 is 5.56 Å². The zero-order valence-corrected chi connectivity index (χ0v) is 9.82. The van der Waals surface area contributed by atoms with E-state index in [0.29, 0.717) is 23.0 Å². The normalized spacial score (nSPS) is 10.9. The molecule has 0 aromatic carbocycles. The van der Waals surface area contributed by atoms with Crippen LogP contribution in [0.2, 0.25) is 0 Å².